The predicted molar refractivity (Wildman–Crippen MR) is 80.7 cm³/mol. The van der Waals surface area contributed by atoms with Gasteiger partial charge in [0, 0.05) is 12.2 Å². The molecule has 0 fully saturated rings. The minimum absolute atomic E-state index is 0.112. The van der Waals surface area contributed by atoms with Crippen LogP contribution in [0.2, 0.25) is 5.02 Å². The lowest BCUT2D eigenvalue weighted by atomic mass is 10.1. The van der Waals surface area contributed by atoms with E-state index in [0.717, 1.165) is 5.56 Å². The number of nitrogens with zero attached hydrogens (tertiary/aromatic N) is 1. The van der Waals surface area contributed by atoms with Crippen molar-refractivity contribution in [2.45, 2.75) is 19.4 Å². The average molecular weight is 308 g/mol. The Morgan fingerprint density at radius 1 is 1.43 bits per heavy atom. The first-order valence-corrected chi connectivity index (χ1v) is 6.80. The smallest absolute Gasteiger partial charge is 0.253 e. The fourth-order valence-electron chi connectivity index (χ4n) is 1.90. The SMILES string of the molecule is CC(Cc1ccc(F)cc1)NC(=O)c1cnc(N)c(Cl)c1. The van der Waals surface area contributed by atoms with Crippen molar-refractivity contribution >= 4 is 23.3 Å². The summed E-state index contributed by atoms with van der Waals surface area (Å²) in [6.45, 7) is 1.87. The van der Waals surface area contributed by atoms with Gasteiger partial charge in [0.15, 0.2) is 0 Å². The largest absolute Gasteiger partial charge is 0.382 e. The molecule has 1 heterocycles. The third-order valence-corrected chi connectivity index (χ3v) is 3.27. The van der Waals surface area contributed by atoms with E-state index in [4.69, 9.17) is 17.3 Å². The minimum atomic E-state index is -0.280. The molecule has 4 nitrogen and oxygen atoms in total. The first-order chi connectivity index (χ1) is 9.95. The highest BCUT2D eigenvalue weighted by Crippen LogP contribution is 2.16. The zero-order valence-electron chi connectivity index (χ0n) is 11.4. The quantitative estimate of drug-likeness (QED) is 0.912. The van der Waals surface area contributed by atoms with E-state index in [1.165, 1.54) is 24.4 Å². The molecule has 110 valence electrons. The van der Waals surface area contributed by atoms with E-state index in [0.29, 0.717) is 12.0 Å². The van der Waals surface area contributed by atoms with E-state index in [9.17, 15) is 9.18 Å². The van der Waals surface area contributed by atoms with Gasteiger partial charge in [0.05, 0.1) is 10.6 Å². The maximum absolute atomic E-state index is 12.8. The zero-order chi connectivity index (χ0) is 15.4. The van der Waals surface area contributed by atoms with E-state index >= 15 is 0 Å². The summed E-state index contributed by atoms with van der Waals surface area (Å²) in [7, 11) is 0. The molecule has 21 heavy (non-hydrogen) atoms. The Kier molecular flexibility index (Phi) is 4.75. The zero-order valence-corrected chi connectivity index (χ0v) is 12.2. The number of benzene rings is 1. The number of hydrogen-bond donors (Lipinski definition) is 2. The van der Waals surface area contributed by atoms with Crippen LogP contribution in [0.3, 0.4) is 0 Å². The summed E-state index contributed by atoms with van der Waals surface area (Å²) in [5.41, 5.74) is 6.79. The van der Waals surface area contributed by atoms with E-state index in [1.54, 1.807) is 12.1 Å². The summed E-state index contributed by atoms with van der Waals surface area (Å²) < 4.78 is 12.8. The lowest BCUT2D eigenvalue weighted by Crippen LogP contribution is -2.34. The summed E-state index contributed by atoms with van der Waals surface area (Å²) in [6.07, 6.45) is 1.98. The van der Waals surface area contributed by atoms with E-state index < -0.39 is 0 Å². The maximum atomic E-state index is 12.8. The van der Waals surface area contributed by atoms with Gasteiger partial charge in [0.2, 0.25) is 0 Å². The molecule has 0 saturated carbocycles. The fourth-order valence-corrected chi connectivity index (χ4v) is 2.07. The lowest BCUT2D eigenvalue weighted by molar-refractivity contribution is 0.0940. The van der Waals surface area contributed by atoms with Crippen LogP contribution >= 0.6 is 11.6 Å². The molecule has 0 radical (unpaired) electrons. The summed E-state index contributed by atoms with van der Waals surface area (Å²) in [4.78, 5) is 15.9. The number of aromatic nitrogens is 1. The van der Waals surface area contributed by atoms with Gasteiger partial charge in [-0.3, -0.25) is 4.79 Å². The first-order valence-electron chi connectivity index (χ1n) is 6.42. The van der Waals surface area contributed by atoms with Gasteiger partial charge < -0.3 is 11.1 Å². The summed E-state index contributed by atoms with van der Waals surface area (Å²) in [5, 5.41) is 3.08. The second kappa shape index (κ2) is 6.54. The van der Waals surface area contributed by atoms with Crippen molar-refractivity contribution in [2.75, 3.05) is 5.73 Å². The molecule has 0 bridgehead atoms. The van der Waals surface area contributed by atoms with E-state index in [-0.39, 0.29) is 28.6 Å². The Hall–Kier alpha value is -2.14. The van der Waals surface area contributed by atoms with Gasteiger partial charge in [0.25, 0.3) is 5.91 Å². The van der Waals surface area contributed by atoms with Gasteiger partial charge >= 0.3 is 0 Å². The number of nitrogen functional groups attached to an aromatic ring is 1. The Morgan fingerprint density at radius 3 is 2.71 bits per heavy atom. The molecular weight excluding hydrogens is 293 g/mol. The topological polar surface area (TPSA) is 68.0 Å². The van der Waals surface area contributed by atoms with Gasteiger partial charge in [-0.1, -0.05) is 23.7 Å². The number of rotatable bonds is 4. The maximum Gasteiger partial charge on any atom is 0.253 e. The highest BCUT2D eigenvalue weighted by atomic mass is 35.5. The third-order valence-electron chi connectivity index (χ3n) is 2.96. The number of amides is 1. The van der Waals surface area contributed by atoms with Crippen LogP contribution in [0.15, 0.2) is 36.5 Å². The summed E-state index contributed by atoms with van der Waals surface area (Å²) in [6, 6.07) is 7.55. The number of hydrogen-bond acceptors (Lipinski definition) is 3. The third kappa shape index (κ3) is 4.16. The lowest BCUT2D eigenvalue weighted by Gasteiger charge is -2.14. The number of halogens is 2. The Balaban J connectivity index is 1.98. The molecule has 3 N–H and O–H groups in total. The molecule has 0 spiro atoms. The number of carbonyl (C=O) groups excluding carboxylic acids is 1. The van der Waals surface area contributed by atoms with Gasteiger partial charge in [0.1, 0.15) is 11.6 Å². The van der Waals surface area contributed by atoms with Gasteiger partial charge in [-0.25, -0.2) is 9.37 Å². The summed E-state index contributed by atoms with van der Waals surface area (Å²) in [5.74, 6) is -0.371. The second-order valence-corrected chi connectivity index (χ2v) is 5.20. The molecule has 1 aromatic heterocycles. The average Bonchev–Trinajstić information content (AvgIpc) is 2.44. The van der Waals surface area contributed by atoms with Crippen LogP contribution in [-0.2, 0) is 6.42 Å². The summed E-state index contributed by atoms with van der Waals surface area (Å²) >= 11 is 5.84. The Labute approximate surface area is 127 Å². The molecule has 1 unspecified atom stereocenters. The van der Waals surface area contributed by atoms with Gasteiger partial charge in [-0.05, 0) is 37.1 Å². The Morgan fingerprint density at radius 2 is 2.10 bits per heavy atom. The van der Waals surface area contributed by atoms with Crippen LogP contribution in [0.5, 0.6) is 0 Å². The van der Waals surface area contributed by atoms with Crippen LogP contribution in [-0.4, -0.2) is 16.9 Å². The molecule has 0 saturated heterocycles. The van der Waals surface area contributed by atoms with Crippen LogP contribution in [0.4, 0.5) is 10.2 Å². The van der Waals surface area contributed by atoms with E-state index in [2.05, 4.69) is 10.3 Å². The van der Waals surface area contributed by atoms with Gasteiger partial charge in [-0.15, -0.1) is 0 Å². The van der Waals surface area contributed by atoms with Crippen molar-refractivity contribution in [3.63, 3.8) is 0 Å². The van der Waals surface area contributed by atoms with Crippen LogP contribution in [0, 0.1) is 5.82 Å². The molecule has 0 aliphatic carbocycles. The highest BCUT2D eigenvalue weighted by Gasteiger charge is 2.12. The van der Waals surface area contributed by atoms with E-state index in [1.807, 2.05) is 6.92 Å². The molecule has 0 aliphatic rings. The van der Waals surface area contributed by atoms with Crippen LogP contribution in [0.1, 0.15) is 22.8 Å². The number of anilines is 1. The van der Waals surface area contributed by atoms with Crippen molar-refractivity contribution in [1.82, 2.24) is 10.3 Å². The van der Waals surface area contributed by atoms with Crippen molar-refractivity contribution in [3.8, 4) is 0 Å². The van der Waals surface area contributed by atoms with Crippen LogP contribution in [0.25, 0.3) is 0 Å². The molecular formula is C15H15ClFN3O. The second-order valence-electron chi connectivity index (χ2n) is 4.80. The number of nitrogens with two attached hydrogens (primary N) is 1. The van der Waals surface area contributed by atoms with Crippen molar-refractivity contribution < 1.29 is 9.18 Å². The monoisotopic (exact) mass is 307 g/mol. The minimum Gasteiger partial charge on any atom is -0.382 e. The Bertz CT molecular complexity index is 646. The fraction of sp³-hybridized carbons (Fsp3) is 0.200. The molecule has 0 aliphatic heterocycles. The van der Waals surface area contributed by atoms with Crippen molar-refractivity contribution in [1.29, 1.82) is 0 Å². The number of nitrogens with one attached hydrogen (secondary N) is 1. The molecule has 2 rings (SSSR count). The molecule has 1 aromatic carbocycles. The van der Waals surface area contributed by atoms with Gasteiger partial charge in [-0.2, -0.15) is 0 Å². The van der Waals surface area contributed by atoms with Crippen molar-refractivity contribution in [3.05, 3.63) is 58.5 Å². The predicted octanol–water partition coefficient (Wildman–Crippen LogP) is 2.82. The number of carbonyl (C=O) groups is 1. The highest BCUT2D eigenvalue weighted by molar-refractivity contribution is 6.33. The van der Waals surface area contributed by atoms with Crippen molar-refractivity contribution in [2.24, 2.45) is 0 Å². The van der Waals surface area contributed by atoms with Crippen LogP contribution < -0.4 is 11.1 Å². The normalized spacial score (nSPS) is 12.0. The molecule has 1 atom stereocenters. The number of pyridine rings is 1. The molecule has 2 aromatic rings. The first kappa shape index (κ1) is 15.3. The molecule has 1 amide bonds. The standard InChI is InChI=1S/C15H15ClFN3O/c1-9(6-10-2-4-12(17)5-3-10)20-15(21)11-7-13(16)14(18)19-8-11/h2-5,7-9H,6H2,1H3,(H2,18,19)(H,20,21). The molecule has 6 heteroatoms.